The van der Waals surface area contributed by atoms with Gasteiger partial charge in [0.05, 0.1) is 11.3 Å². The first-order valence-corrected chi connectivity index (χ1v) is 13.2. The molecule has 0 radical (unpaired) electrons. The first-order chi connectivity index (χ1) is 18.6. The average Bonchev–Trinajstić information content (AvgIpc) is 2.89. The lowest BCUT2D eigenvalue weighted by molar-refractivity contribution is -0.141. The van der Waals surface area contributed by atoms with Crippen LogP contribution in [-0.2, 0) is 4.79 Å². The van der Waals surface area contributed by atoms with Crippen LogP contribution in [0.1, 0.15) is 59.2 Å². The molecule has 1 aliphatic rings. The van der Waals surface area contributed by atoms with E-state index in [-0.39, 0.29) is 17.2 Å². The number of carboxylic acid groups (broad SMARTS) is 1. The van der Waals surface area contributed by atoms with Crippen LogP contribution in [0.4, 0.5) is 20.6 Å². The number of urea groups is 1. The summed E-state index contributed by atoms with van der Waals surface area (Å²) in [5, 5.41) is 18.2. The summed E-state index contributed by atoms with van der Waals surface area (Å²) in [5.74, 6) is -2.25. The monoisotopic (exact) mass is 531 g/mol. The molecule has 1 fully saturated rings. The number of amides is 3. The predicted octanol–water partition coefficient (Wildman–Crippen LogP) is 6.83. The molecule has 3 aromatic carbocycles. The van der Waals surface area contributed by atoms with Gasteiger partial charge in [0.15, 0.2) is 0 Å². The lowest BCUT2D eigenvalue weighted by Gasteiger charge is -2.28. The second kappa shape index (κ2) is 12.1. The molecule has 0 aromatic heterocycles. The highest BCUT2D eigenvalue weighted by atomic mass is 19.1. The Morgan fingerprint density at radius 2 is 1.54 bits per heavy atom. The maximum Gasteiger partial charge on any atom is 0.326 e. The van der Waals surface area contributed by atoms with Crippen molar-refractivity contribution >= 4 is 29.3 Å². The van der Waals surface area contributed by atoms with Gasteiger partial charge in [-0.1, -0.05) is 55.2 Å². The van der Waals surface area contributed by atoms with E-state index in [0.717, 1.165) is 48.8 Å². The van der Waals surface area contributed by atoms with E-state index in [0.29, 0.717) is 16.8 Å². The molecule has 0 spiro atoms. The number of carboxylic acids is 1. The number of carbonyl (C=O) groups excluding carboxylic acids is 2. The van der Waals surface area contributed by atoms with E-state index in [1.807, 2.05) is 32.9 Å². The first kappa shape index (κ1) is 27.8. The first-order valence-electron chi connectivity index (χ1n) is 13.2. The standard InChI is InChI=1S/C31H34FN3O4/c1-18-14-19(2)27(20(3)15-18)35-31(39)33-26-17-23(22-10-7-11-24(32)16-22)12-13-25(26)29(36)34-28(30(37)38)21-8-5-4-6-9-21/h7,10-17,21,28H,4-6,8-9H2,1-3H3,(H,34,36)(H,37,38)(H2,33,35,39). The average molecular weight is 532 g/mol. The molecule has 7 nitrogen and oxygen atoms in total. The maximum absolute atomic E-state index is 13.9. The molecule has 204 valence electrons. The molecule has 1 atom stereocenters. The molecule has 0 aliphatic heterocycles. The summed E-state index contributed by atoms with van der Waals surface area (Å²) in [7, 11) is 0. The zero-order valence-corrected chi connectivity index (χ0v) is 22.4. The van der Waals surface area contributed by atoms with Crippen LogP contribution >= 0.6 is 0 Å². The number of hydrogen-bond donors (Lipinski definition) is 4. The molecule has 0 saturated heterocycles. The van der Waals surface area contributed by atoms with Crippen LogP contribution in [0.5, 0.6) is 0 Å². The topological polar surface area (TPSA) is 108 Å². The molecule has 1 aliphatic carbocycles. The van der Waals surface area contributed by atoms with Gasteiger partial charge < -0.3 is 21.1 Å². The zero-order chi connectivity index (χ0) is 28.1. The minimum absolute atomic E-state index is 0.115. The largest absolute Gasteiger partial charge is 0.480 e. The van der Waals surface area contributed by atoms with Crippen molar-refractivity contribution in [1.29, 1.82) is 0 Å². The normalized spacial score (nSPS) is 14.4. The summed E-state index contributed by atoms with van der Waals surface area (Å²) in [4.78, 5) is 38.6. The summed E-state index contributed by atoms with van der Waals surface area (Å²) < 4.78 is 13.9. The van der Waals surface area contributed by atoms with Crippen LogP contribution < -0.4 is 16.0 Å². The minimum atomic E-state index is -1.08. The fourth-order valence-corrected chi connectivity index (χ4v) is 5.41. The summed E-state index contributed by atoms with van der Waals surface area (Å²) in [6, 6.07) is 13.1. The zero-order valence-electron chi connectivity index (χ0n) is 22.4. The maximum atomic E-state index is 13.9. The number of carbonyl (C=O) groups is 3. The summed E-state index contributed by atoms with van der Waals surface area (Å²) >= 11 is 0. The molecule has 3 amide bonds. The van der Waals surface area contributed by atoms with Gasteiger partial charge in [0.2, 0.25) is 0 Å². The van der Waals surface area contributed by atoms with Gasteiger partial charge in [0.1, 0.15) is 11.9 Å². The Bertz CT molecular complexity index is 1380. The number of anilines is 2. The van der Waals surface area contributed by atoms with Crippen LogP contribution in [0.3, 0.4) is 0 Å². The predicted molar refractivity (Wildman–Crippen MR) is 151 cm³/mol. The van der Waals surface area contributed by atoms with Gasteiger partial charge in [-0.15, -0.1) is 0 Å². The van der Waals surface area contributed by atoms with Crippen LogP contribution in [0, 0.1) is 32.5 Å². The van der Waals surface area contributed by atoms with Crippen molar-refractivity contribution in [1.82, 2.24) is 5.32 Å². The van der Waals surface area contributed by atoms with Gasteiger partial charge in [0.25, 0.3) is 5.91 Å². The lowest BCUT2D eigenvalue weighted by atomic mass is 9.83. The molecule has 1 unspecified atom stereocenters. The molecular formula is C31H34FN3O4. The molecule has 4 rings (SSSR count). The highest BCUT2D eigenvalue weighted by Gasteiger charge is 2.31. The molecule has 39 heavy (non-hydrogen) atoms. The van der Waals surface area contributed by atoms with Crippen LogP contribution in [0.2, 0.25) is 0 Å². The van der Waals surface area contributed by atoms with E-state index in [4.69, 9.17) is 0 Å². The van der Waals surface area contributed by atoms with Gasteiger partial charge in [-0.2, -0.15) is 0 Å². The Kier molecular flexibility index (Phi) is 8.64. The van der Waals surface area contributed by atoms with Crippen molar-refractivity contribution in [3.8, 4) is 11.1 Å². The Hall–Kier alpha value is -4.20. The molecule has 0 heterocycles. The molecule has 4 N–H and O–H groups in total. The van der Waals surface area contributed by atoms with Gasteiger partial charge in [-0.25, -0.2) is 14.0 Å². The van der Waals surface area contributed by atoms with Crippen LogP contribution in [-0.4, -0.2) is 29.1 Å². The second-order valence-corrected chi connectivity index (χ2v) is 10.3. The number of benzene rings is 3. The van der Waals surface area contributed by atoms with E-state index < -0.39 is 29.8 Å². The molecule has 8 heteroatoms. The van der Waals surface area contributed by atoms with Gasteiger partial charge >= 0.3 is 12.0 Å². The summed E-state index contributed by atoms with van der Waals surface area (Å²) in [6.07, 6.45) is 4.38. The van der Waals surface area contributed by atoms with E-state index in [2.05, 4.69) is 16.0 Å². The number of nitrogens with one attached hydrogen (secondary N) is 3. The van der Waals surface area contributed by atoms with Crippen molar-refractivity contribution in [2.45, 2.75) is 58.9 Å². The van der Waals surface area contributed by atoms with Crippen molar-refractivity contribution < 1.29 is 23.9 Å². The third kappa shape index (κ3) is 6.82. The Morgan fingerprint density at radius 1 is 0.872 bits per heavy atom. The van der Waals surface area contributed by atoms with Crippen molar-refractivity contribution in [3.63, 3.8) is 0 Å². The number of aryl methyl sites for hydroxylation is 3. The molecule has 3 aromatic rings. The SMILES string of the molecule is Cc1cc(C)c(NC(=O)Nc2cc(-c3cccc(F)c3)ccc2C(=O)NC(C(=O)O)C2CCCCC2)c(C)c1. The third-order valence-electron chi connectivity index (χ3n) is 7.26. The fourth-order valence-electron chi connectivity index (χ4n) is 5.41. The number of halogens is 1. The Labute approximate surface area is 227 Å². The third-order valence-corrected chi connectivity index (χ3v) is 7.26. The summed E-state index contributed by atoms with van der Waals surface area (Å²) in [5.41, 5.74) is 4.98. The molecule has 0 bridgehead atoms. The minimum Gasteiger partial charge on any atom is -0.480 e. The van der Waals surface area contributed by atoms with Crippen molar-refractivity contribution in [2.75, 3.05) is 10.6 Å². The van der Waals surface area contributed by atoms with E-state index in [1.54, 1.807) is 24.3 Å². The lowest BCUT2D eigenvalue weighted by Crippen LogP contribution is -2.46. The van der Waals surface area contributed by atoms with E-state index in [1.165, 1.54) is 18.2 Å². The number of aliphatic carboxylic acids is 1. The van der Waals surface area contributed by atoms with Gasteiger partial charge in [-0.3, -0.25) is 4.79 Å². The molecule has 1 saturated carbocycles. The Balaban J connectivity index is 1.65. The second-order valence-electron chi connectivity index (χ2n) is 10.3. The fraction of sp³-hybridized carbons (Fsp3) is 0.323. The number of hydrogen-bond acceptors (Lipinski definition) is 3. The van der Waals surface area contributed by atoms with E-state index in [9.17, 15) is 23.9 Å². The number of rotatable bonds is 7. The van der Waals surface area contributed by atoms with Crippen LogP contribution in [0.25, 0.3) is 11.1 Å². The van der Waals surface area contributed by atoms with Crippen molar-refractivity contribution in [2.24, 2.45) is 5.92 Å². The quantitative estimate of drug-likeness (QED) is 0.268. The molecular weight excluding hydrogens is 497 g/mol. The highest BCUT2D eigenvalue weighted by molar-refractivity contribution is 6.08. The van der Waals surface area contributed by atoms with E-state index >= 15 is 0 Å². The van der Waals surface area contributed by atoms with Gasteiger partial charge in [0, 0.05) is 5.69 Å². The highest BCUT2D eigenvalue weighted by Crippen LogP contribution is 2.30. The smallest absolute Gasteiger partial charge is 0.326 e. The van der Waals surface area contributed by atoms with Crippen LogP contribution in [0.15, 0.2) is 54.6 Å². The Morgan fingerprint density at radius 3 is 2.18 bits per heavy atom. The van der Waals surface area contributed by atoms with Gasteiger partial charge in [-0.05, 0) is 86.1 Å². The van der Waals surface area contributed by atoms with Crippen molar-refractivity contribution in [3.05, 3.63) is 82.7 Å². The summed E-state index contributed by atoms with van der Waals surface area (Å²) in [6.45, 7) is 5.77.